The van der Waals surface area contributed by atoms with Gasteiger partial charge in [-0.3, -0.25) is 0 Å². The highest BCUT2D eigenvalue weighted by molar-refractivity contribution is 6.31. The first kappa shape index (κ1) is 19.0. The number of nitrogens with two attached hydrogens (primary N) is 1. The predicted octanol–water partition coefficient (Wildman–Crippen LogP) is 3.56. The molecule has 2 aromatic rings. The average molecular weight is 377 g/mol. The van der Waals surface area contributed by atoms with E-state index in [4.69, 9.17) is 25.8 Å². The van der Waals surface area contributed by atoms with Gasteiger partial charge in [-0.15, -0.1) is 0 Å². The molecule has 2 aromatic carbocycles. The Bertz CT molecular complexity index is 701. The van der Waals surface area contributed by atoms with Crippen molar-refractivity contribution in [2.45, 2.75) is 39.0 Å². The van der Waals surface area contributed by atoms with Crippen LogP contribution < -0.4 is 14.8 Å². The minimum absolute atomic E-state index is 0.402. The van der Waals surface area contributed by atoms with Gasteiger partial charge >= 0.3 is 0 Å². The normalized spacial score (nSPS) is 16.6. The molecule has 0 bridgehead atoms. The van der Waals surface area contributed by atoms with E-state index in [0.29, 0.717) is 24.3 Å². The predicted molar refractivity (Wildman–Crippen MR) is 103 cm³/mol. The molecule has 0 saturated carbocycles. The van der Waals surface area contributed by atoms with Crippen LogP contribution in [0.25, 0.3) is 0 Å². The number of benzene rings is 2. The first-order valence-corrected chi connectivity index (χ1v) is 9.69. The van der Waals surface area contributed by atoms with Gasteiger partial charge in [0.15, 0.2) is 11.5 Å². The summed E-state index contributed by atoms with van der Waals surface area (Å²) >= 11 is 6.20. The van der Waals surface area contributed by atoms with Crippen molar-refractivity contribution in [1.29, 1.82) is 0 Å². The van der Waals surface area contributed by atoms with Gasteiger partial charge in [-0.05, 0) is 44.0 Å². The molecule has 0 aromatic heterocycles. The zero-order valence-electron chi connectivity index (χ0n) is 15.2. The second-order valence-electron chi connectivity index (χ2n) is 6.46. The molecular weight excluding hydrogens is 350 g/mol. The summed E-state index contributed by atoms with van der Waals surface area (Å²) in [5.74, 6) is 1.53. The van der Waals surface area contributed by atoms with Crippen LogP contribution in [0.3, 0.4) is 0 Å². The third-order valence-corrected chi connectivity index (χ3v) is 4.85. The van der Waals surface area contributed by atoms with E-state index >= 15 is 0 Å². The van der Waals surface area contributed by atoms with Gasteiger partial charge in [-0.1, -0.05) is 29.8 Å². The monoisotopic (exact) mass is 376 g/mol. The van der Waals surface area contributed by atoms with Crippen molar-refractivity contribution in [3.8, 4) is 11.5 Å². The summed E-state index contributed by atoms with van der Waals surface area (Å²) in [6, 6.07) is 13.9. The molecule has 1 atom stereocenters. The van der Waals surface area contributed by atoms with E-state index in [0.717, 1.165) is 36.8 Å². The Hall–Kier alpha value is -1.75. The molecule has 0 amide bonds. The van der Waals surface area contributed by atoms with Gasteiger partial charge in [-0.25, -0.2) is 0 Å². The summed E-state index contributed by atoms with van der Waals surface area (Å²) in [4.78, 5) is 0. The van der Waals surface area contributed by atoms with Crippen molar-refractivity contribution in [3.63, 3.8) is 0 Å². The second-order valence-corrected chi connectivity index (χ2v) is 6.86. The van der Waals surface area contributed by atoms with Gasteiger partial charge in [-0.2, -0.15) is 0 Å². The number of ether oxygens (including phenoxy) is 3. The summed E-state index contributed by atoms with van der Waals surface area (Å²) < 4.78 is 17.4. The first-order valence-electron chi connectivity index (χ1n) is 9.31. The number of rotatable bonds is 9. The minimum Gasteiger partial charge on any atom is -0.490 e. The van der Waals surface area contributed by atoms with Crippen molar-refractivity contribution >= 4 is 11.6 Å². The second kappa shape index (κ2) is 9.81. The van der Waals surface area contributed by atoms with Crippen LogP contribution in [0.15, 0.2) is 42.5 Å². The summed E-state index contributed by atoms with van der Waals surface area (Å²) in [5, 5.41) is 3.01. The number of hydrogen-bond acceptors (Lipinski definition) is 3. The Morgan fingerprint density at radius 2 is 2.04 bits per heavy atom. The largest absolute Gasteiger partial charge is 0.490 e. The molecule has 0 radical (unpaired) electrons. The van der Waals surface area contributed by atoms with E-state index in [9.17, 15) is 0 Å². The standard InChI is InChI=1S/C21H26ClNO3/c1-2-24-21-12-16(13-23-14-18-7-5-11-25-18)9-10-20(21)26-15-17-6-3-4-8-19(17)22/h3-4,6,8-10,12,18,23H,2,5,7,11,13-15H2,1H3/p+1/t18-/m0/s1. The Kier molecular flexibility index (Phi) is 7.18. The zero-order chi connectivity index (χ0) is 18.2. The molecule has 4 nitrogen and oxygen atoms in total. The van der Waals surface area contributed by atoms with E-state index < -0.39 is 0 Å². The van der Waals surface area contributed by atoms with Gasteiger partial charge < -0.3 is 19.5 Å². The molecule has 0 unspecified atom stereocenters. The first-order chi connectivity index (χ1) is 12.8. The quantitative estimate of drug-likeness (QED) is 0.727. The van der Waals surface area contributed by atoms with E-state index in [1.54, 1.807) is 0 Å². The molecular formula is C21H27ClNO3+. The van der Waals surface area contributed by atoms with Crippen molar-refractivity contribution in [1.82, 2.24) is 0 Å². The van der Waals surface area contributed by atoms with E-state index in [-0.39, 0.29) is 0 Å². The molecule has 1 aliphatic heterocycles. The highest BCUT2D eigenvalue weighted by Gasteiger charge is 2.17. The number of quaternary nitrogens is 1. The molecule has 1 saturated heterocycles. The van der Waals surface area contributed by atoms with Crippen molar-refractivity contribution in [2.24, 2.45) is 0 Å². The van der Waals surface area contributed by atoms with Gasteiger partial charge in [0.1, 0.15) is 25.8 Å². The zero-order valence-corrected chi connectivity index (χ0v) is 16.0. The third kappa shape index (κ3) is 5.37. The molecule has 1 fully saturated rings. The Morgan fingerprint density at radius 1 is 1.15 bits per heavy atom. The molecule has 2 N–H and O–H groups in total. The maximum absolute atomic E-state index is 6.20. The molecule has 1 aliphatic rings. The van der Waals surface area contributed by atoms with E-state index in [1.807, 2.05) is 37.3 Å². The minimum atomic E-state index is 0.402. The molecule has 5 heteroatoms. The van der Waals surface area contributed by atoms with Gasteiger partial charge in [0, 0.05) is 22.8 Å². The lowest BCUT2D eigenvalue weighted by atomic mass is 10.2. The summed E-state index contributed by atoms with van der Waals surface area (Å²) in [6.45, 7) is 5.83. The van der Waals surface area contributed by atoms with Crippen LogP contribution in [0.4, 0.5) is 0 Å². The Labute approximate surface area is 160 Å². The van der Waals surface area contributed by atoms with Crippen LogP contribution in [-0.4, -0.2) is 25.9 Å². The highest BCUT2D eigenvalue weighted by atomic mass is 35.5. The summed E-state index contributed by atoms with van der Waals surface area (Å²) in [6.07, 6.45) is 2.76. The van der Waals surface area contributed by atoms with Crippen LogP contribution in [0, 0.1) is 0 Å². The van der Waals surface area contributed by atoms with Crippen LogP contribution in [0.5, 0.6) is 11.5 Å². The maximum atomic E-state index is 6.20. The Balaban J connectivity index is 1.59. The summed E-state index contributed by atoms with van der Waals surface area (Å²) in [5.41, 5.74) is 2.18. The fraction of sp³-hybridized carbons (Fsp3) is 0.429. The fourth-order valence-corrected chi connectivity index (χ4v) is 3.29. The number of halogens is 1. The number of hydrogen-bond donors (Lipinski definition) is 1. The SMILES string of the molecule is CCOc1cc(C[NH2+]C[C@@H]2CCCO2)ccc1OCc1ccccc1Cl. The van der Waals surface area contributed by atoms with Crippen molar-refractivity contribution < 1.29 is 19.5 Å². The van der Waals surface area contributed by atoms with Crippen LogP contribution in [0.1, 0.15) is 30.9 Å². The molecule has 3 rings (SSSR count). The molecule has 0 spiro atoms. The lowest BCUT2D eigenvalue weighted by molar-refractivity contribution is -0.676. The van der Waals surface area contributed by atoms with E-state index in [1.165, 1.54) is 18.4 Å². The molecule has 26 heavy (non-hydrogen) atoms. The maximum Gasteiger partial charge on any atom is 0.161 e. The summed E-state index contributed by atoms with van der Waals surface area (Å²) in [7, 11) is 0. The lowest BCUT2D eigenvalue weighted by Crippen LogP contribution is -2.84. The van der Waals surface area contributed by atoms with Gasteiger partial charge in [0.2, 0.25) is 0 Å². The highest BCUT2D eigenvalue weighted by Crippen LogP contribution is 2.29. The van der Waals surface area contributed by atoms with Crippen LogP contribution in [-0.2, 0) is 17.9 Å². The van der Waals surface area contributed by atoms with E-state index in [2.05, 4.69) is 17.4 Å². The molecule has 1 heterocycles. The van der Waals surface area contributed by atoms with Crippen LogP contribution >= 0.6 is 11.6 Å². The molecule has 140 valence electrons. The van der Waals surface area contributed by atoms with Gasteiger partial charge in [0.05, 0.1) is 6.61 Å². The van der Waals surface area contributed by atoms with Gasteiger partial charge in [0.25, 0.3) is 0 Å². The lowest BCUT2D eigenvalue weighted by Gasteiger charge is -2.14. The Morgan fingerprint density at radius 3 is 2.81 bits per heavy atom. The topological polar surface area (TPSA) is 44.3 Å². The van der Waals surface area contributed by atoms with Crippen molar-refractivity contribution in [3.05, 3.63) is 58.6 Å². The third-order valence-electron chi connectivity index (χ3n) is 4.48. The smallest absolute Gasteiger partial charge is 0.161 e. The van der Waals surface area contributed by atoms with Crippen molar-refractivity contribution in [2.75, 3.05) is 19.8 Å². The average Bonchev–Trinajstić information content (AvgIpc) is 3.16. The fourth-order valence-electron chi connectivity index (χ4n) is 3.10. The van der Waals surface area contributed by atoms with Crippen LogP contribution in [0.2, 0.25) is 5.02 Å². The molecule has 0 aliphatic carbocycles.